The van der Waals surface area contributed by atoms with Crippen LogP contribution in [0, 0.1) is 13.8 Å². The van der Waals surface area contributed by atoms with Crippen molar-refractivity contribution >= 4 is 0 Å². The summed E-state index contributed by atoms with van der Waals surface area (Å²) in [7, 11) is 0. The Kier molecular flexibility index (Phi) is 4.39. The zero-order valence-corrected chi connectivity index (χ0v) is 11.9. The van der Waals surface area contributed by atoms with Crippen molar-refractivity contribution in [3.05, 3.63) is 34.9 Å². The first-order chi connectivity index (χ1) is 9.24. The zero-order chi connectivity index (χ0) is 14.9. The predicted molar refractivity (Wildman–Crippen MR) is 73.5 cm³/mol. The van der Waals surface area contributed by atoms with Crippen LogP contribution in [0.15, 0.2) is 18.2 Å². The summed E-state index contributed by atoms with van der Waals surface area (Å²) in [6.07, 6.45) is -2.48. The molecule has 1 aliphatic rings. The summed E-state index contributed by atoms with van der Waals surface area (Å²) in [5.74, 6) is 0. The molecule has 1 fully saturated rings. The van der Waals surface area contributed by atoms with E-state index in [1.165, 1.54) is 4.90 Å². The Hall–Kier alpha value is -1.07. The van der Waals surface area contributed by atoms with Crippen molar-refractivity contribution in [2.45, 2.75) is 44.9 Å². The molecule has 2 rings (SSSR count). The fourth-order valence-corrected chi connectivity index (χ4v) is 2.59. The Balaban J connectivity index is 2.05. The number of hydrogen-bond donors (Lipinski definition) is 1. The number of aryl methyl sites for hydroxylation is 2. The highest BCUT2D eigenvalue weighted by molar-refractivity contribution is 5.30. The monoisotopic (exact) mass is 286 g/mol. The summed E-state index contributed by atoms with van der Waals surface area (Å²) < 4.78 is 37.8. The minimum Gasteiger partial charge on any atom is -0.323 e. The molecule has 1 aromatic carbocycles. The van der Waals surface area contributed by atoms with Crippen molar-refractivity contribution in [3.63, 3.8) is 0 Å². The fourth-order valence-electron chi connectivity index (χ4n) is 2.59. The van der Waals surface area contributed by atoms with E-state index in [4.69, 9.17) is 5.73 Å². The number of nitrogens with zero attached hydrogens (tertiary/aromatic N) is 1. The van der Waals surface area contributed by atoms with Gasteiger partial charge < -0.3 is 5.73 Å². The number of hydrogen-bond acceptors (Lipinski definition) is 2. The van der Waals surface area contributed by atoms with Crippen LogP contribution in [0.2, 0.25) is 0 Å². The van der Waals surface area contributed by atoms with Crippen LogP contribution in [0.1, 0.15) is 35.6 Å². The van der Waals surface area contributed by atoms with E-state index < -0.39 is 12.7 Å². The summed E-state index contributed by atoms with van der Waals surface area (Å²) in [5.41, 5.74) is 9.20. The standard InChI is InChI=1S/C15H21F3N2/c1-10-5-11(2)7-12(6-10)14(19)8-20(13-3-4-13)9-15(16,17)18/h5-7,13-14H,3-4,8-9,19H2,1-2H3. The van der Waals surface area contributed by atoms with Gasteiger partial charge in [0.2, 0.25) is 0 Å². The maximum atomic E-state index is 12.6. The van der Waals surface area contributed by atoms with Gasteiger partial charge in [0.1, 0.15) is 0 Å². The maximum absolute atomic E-state index is 12.6. The first kappa shape index (κ1) is 15.3. The fraction of sp³-hybridized carbons (Fsp3) is 0.600. The van der Waals surface area contributed by atoms with E-state index in [0.717, 1.165) is 29.5 Å². The Labute approximate surface area is 117 Å². The van der Waals surface area contributed by atoms with Gasteiger partial charge in [-0.25, -0.2) is 0 Å². The van der Waals surface area contributed by atoms with E-state index >= 15 is 0 Å². The van der Waals surface area contributed by atoms with Crippen LogP contribution in [0.5, 0.6) is 0 Å². The average Bonchev–Trinajstić information content (AvgIpc) is 3.08. The first-order valence-corrected chi connectivity index (χ1v) is 6.89. The van der Waals surface area contributed by atoms with Crippen molar-refractivity contribution < 1.29 is 13.2 Å². The predicted octanol–water partition coefficient (Wildman–Crippen LogP) is 3.33. The smallest absolute Gasteiger partial charge is 0.323 e. The number of halogens is 3. The zero-order valence-electron chi connectivity index (χ0n) is 11.9. The molecule has 0 bridgehead atoms. The lowest BCUT2D eigenvalue weighted by molar-refractivity contribution is -0.147. The largest absolute Gasteiger partial charge is 0.401 e. The highest BCUT2D eigenvalue weighted by atomic mass is 19.4. The summed E-state index contributed by atoms with van der Waals surface area (Å²) in [4.78, 5) is 1.47. The summed E-state index contributed by atoms with van der Waals surface area (Å²) in [6, 6.07) is 5.61. The minimum absolute atomic E-state index is 0.0496. The molecule has 2 N–H and O–H groups in total. The van der Waals surface area contributed by atoms with Gasteiger partial charge in [-0.1, -0.05) is 29.3 Å². The number of rotatable bonds is 5. The molecule has 0 saturated heterocycles. The van der Waals surface area contributed by atoms with Crippen molar-refractivity contribution in [2.75, 3.05) is 13.1 Å². The van der Waals surface area contributed by atoms with Crippen LogP contribution in [0.4, 0.5) is 13.2 Å². The summed E-state index contributed by atoms with van der Waals surface area (Å²) in [5, 5.41) is 0. The molecule has 1 aliphatic carbocycles. The van der Waals surface area contributed by atoms with Crippen molar-refractivity contribution in [2.24, 2.45) is 5.73 Å². The molecular weight excluding hydrogens is 265 g/mol. The van der Waals surface area contributed by atoms with Crippen LogP contribution in [-0.4, -0.2) is 30.2 Å². The normalized spacial score (nSPS) is 17.6. The van der Waals surface area contributed by atoms with E-state index in [2.05, 4.69) is 0 Å². The molecule has 0 amide bonds. The van der Waals surface area contributed by atoms with Gasteiger partial charge in [0.05, 0.1) is 6.54 Å². The summed E-state index contributed by atoms with van der Waals surface area (Å²) in [6.45, 7) is 3.33. The molecule has 1 atom stereocenters. The third kappa shape index (κ3) is 4.49. The van der Waals surface area contributed by atoms with Gasteiger partial charge in [-0.15, -0.1) is 0 Å². The molecule has 0 radical (unpaired) electrons. The number of benzene rings is 1. The Morgan fingerprint density at radius 1 is 1.20 bits per heavy atom. The van der Waals surface area contributed by atoms with E-state index in [0.29, 0.717) is 0 Å². The Morgan fingerprint density at radius 3 is 2.20 bits per heavy atom. The van der Waals surface area contributed by atoms with E-state index in [1.807, 2.05) is 32.0 Å². The van der Waals surface area contributed by atoms with Gasteiger partial charge >= 0.3 is 6.18 Å². The third-order valence-corrected chi connectivity index (χ3v) is 3.55. The molecule has 20 heavy (non-hydrogen) atoms. The molecule has 0 spiro atoms. The van der Waals surface area contributed by atoms with Gasteiger partial charge in [-0.2, -0.15) is 13.2 Å². The second-order valence-corrected chi connectivity index (χ2v) is 5.80. The molecular formula is C15H21F3N2. The van der Waals surface area contributed by atoms with Gasteiger partial charge in [-0.05, 0) is 32.3 Å². The number of alkyl halides is 3. The average molecular weight is 286 g/mol. The topological polar surface area (TPSA) is 29.3 Å². The van der Waals surface area contributed by atoms with Crippen LogP contribution in [-0.2, 0) is 0 Å². The second kappa shape index (κ2) is 5.74. The lowest BCUT2D eigenvalue weighted by Gasteiger charge is -2.27. The van der Waals surface area contributed by atoms with Crippen LogP contribution >= 0.6 is 0 Å². The lowest BCUT2D eigenvalue weighted by atomic mass is 10.0. The quantitative estimate of drug-likeness (QED) is 0.899. The van der Waals surface area contributed by atoms with Gasteiger partial charge in [0, 0.05) is 18.6 Å². The molecule has 0 aliphatic heterocycles. The van der Waals surface area contributed by atoms with Gasteiger partial charge in [-0.3, -0.25) is 4.90 Å². The Bertz CT molecular complexity index is 446. The highest BCUT2D eigenvalue weighted by Crippen LogP contribution is 2.31. The van der Waals surface area contributed by atoms with Crippen molar-refractivity contribution in [3.8, 4) is 0 Å². The SMILES string of the molecule is Cc1cc(C)cc(C(N)CN(CC(F)(F)F)C2CC2)c1. The van der Waals surface area contributed by atoms with Gasteiger partial charge in [0.15, 0.2) is 0 Å². The van der Waals surface area contributed by atoms with Crippen LogP contribution in [0.3, 0.4) is 0 Å². The van der Waals surface area contributed by atoms with Crippen LogP contribution < -0.4 is 5.73 Å². The number of nitrogens with two attached hydrogens (primary N) is 1. The first-order valence-electron chi connectivity index (χ1n) is 6.89. The molecule has 1 aromatic rings. The summed E-state index contributed by atoms with van der Waals surface area (Å²) >= 11 is 0. The second-order valence-electron chi connectivity index (χ2n) is 5.80. The van der Waals surface area contributed by atoms with Crippen molar-refractivity contribution in [1.82, 2.24) is 4.90 Å². The maximum Gasteiger partial charge on any atom is 0.401 e. The van der Waals surface area contributed by atoms with Gasteiger partial charge in [0.25, 0.3) is 0 Å². The molecule has 0 heterocycles. The van der Waals surface area contributed by atoms with Crippen LogP contribution in [0.25, 0.3) is 0 Å². The molecule has 112 valence electrons. The lowest BCUT2D eigenvalue weighted by Crippen LogP contribution is -2.40. The molecule has 5 heteroatoms. The molecule has 0 aromatic heterocycles. The highest BCUT2D eigenvalue weighted by Gasteiger charge is 2.38. The third-order valence-electron chi connectivity index (χ3n) is 3.55. The molecule has 2 nitrogen and oxygen atoms in total. The Morgan fingerprint density at radius 2 is 1.75 bits per heavy atom. The van der Waals surface area contributed by atoms with E-state index in [9.17, 15) is 13.2 Å². The van der Waals surface area contributed by atoms with E-state index in [-0.39, 0.29) is 18.6 Å². The molecule has 1 unspecified atom stereocenters. The van der Waals surface area contributed by atoms with Crippen molar-refractivity contribution in [1.29, 1.82) is 0 Å². The minimum atomic E-state index is -4.16. The van der Waals surface area contributed by atoms with E-state index in [1.54, 1.807) is 0 Å². The molecule has 1 saturated carbocycles.